The summed E-state index contributed by atoms with van der Waals surface area (Å²) in [6.45, 7) is 3.58. The van der Waals surface area contributed by atoms with Gasteiger partial charge in [0.15, 0.2) is 0 Å². The topological polar surface area (TPSA) is 59.8 Å². The molecule has 1 N–H and O–H groups in total. The van der Waals surface area contributed by atoms with E-state index in [2.05, 4.69) is 15.4 Å². The molecule has 4 aromatic rings. The largest absolute Gasteiger partial charge is 0.433 e. The minimum absolute atomic E-state index is 0.282. The van der Waals surface area contributed by atoms with Crippen LogP contribution >= 0.6 is 0 Å². The number of aromatic nitrogens is 3. The molecule has 0 saturated carbocycles. The lowest BCUT2D eigenvalue weighted by atomic mass is 10.1. The standard InChI is InChI=1S/C23H17F5N4O/c1-12-21(13(2)32(31-12)11-14-6-8-15(24)9-7-14)30-22(33)16-10-19(23(26,27)28)29-18-5-3-4-17(25)20(16)18/h3-10H,11H2,1-2H3,(H,30,33). The van der Waals surface area contributed by atoms with Crippen molar-refractivity contribution in [3.8, 4) is 0 Å². The van der Waals surface area contributed by atoms with Crippen molar-refractivity contribution in [2.45, 2.75) is 26.6 Å². The lowest BCUT2D eigenvalue weighted by Gasteiger charge is -2.13. The Morgan fingerprint density at radius 3 is 2.42 bits per heavy atom. The Hall–Kier alpha value is -3.82. The van der Waals surface area contributed by atoms with E-state index in [-0.39, 0.29) is 29.0 Å². The summed E-state index contributed by atoms with van der Waals surface area (Å²) < 4.78 is 69.2. The number of pyridine rings is 1. The molecule has 0 saturated heterocycles. The number of rotatable bonds is 4. The Morgan fingerprint density at radius 2 is 1.76 bits per heavy atom. The summed E-state index contributed by atoms with van der Waals surface area (Å²) in [5.74, 6) is -2.17. The van der Waals surface area contributed by atoms with Crippen molar-refractivity contribution in [2.24, 2.45) is 0 Å². The molecule has 2 aromatic heterocycles. The lowest BCUT2D eigenvalue weighted by Crippen LogP contribution is -2.17. The van der Waals surface area contributed by atoms with Crippen LogP contribution in [-0.2, 0) is 12.7 Å². The molecule has 4 rings (SSSR count). The quantitative estimate of drug-likeness (QED) is 0.401. The normalized spacial score (nSPS) is 11.7. The number of carbonyl (C=O) groups is 1. The van der Waals surface area contributed by atoms with Crippen LogP contribution in [0.5, 0.6) is 0 Å². The molecule has 0 aliphatic heterocycles. The predicted octanol–water partition coefficient (Wildman–Crippen LogP) is 5.65. The van der Waals surface area contributed by atoms with Gasteiger partial charge in [0.1, 0.15) is 17.3 Å². The van der Waals surface area contributed by atoms with E-state index in [0.717, 1.165) is 11.6 Å². The number of hydrogen-bond donors (Lipinski definition) is 1. The van der Waals surface area contributed by atoms with E-state index in [1.54, 1.807) is 30.7 Å². The van der Waals surface area contributed by atoms with Crippen LogP contribution in [0, 0.1) is 25.5 Å². The van der Waals surface area contributed by atoms with Crippen molar-refractivity contribution in [1.29, 1.82) is 0 Å². The molecule has 2 aromatic carbocycles. The molecule has 1 amide bonds. The SMILES string of the molecule is Cc1nn(Cc2ccc(F)cc2)c(C)c1NC(=O)c1cc(C(F)(F)F)nc2cccc(F)c12. The van der Waals surface area contributed by atoms with Crippen molar-refractivity contribution in [2.75, 3.05) is 5.32 Å². The molecular weight excluding hydrogens is 443 g/mol. The van der Waals surface area contributed by atoms with Gasteiger partial charge < -0.3 is 5.32 Å². The highest BCUT2D eigenvalue weighted by Crippen LogP contribution is 2.32. The summed E-state index contributed by atoms with van der Waals surface area (Å²) in [6, 6.07) is 9.82. The Morgan fingerprint density at radius 1 is 1.06 bits per heavy atom. The van der Waals surface area contributed by atoms with Crippen molar-refractivity contribution >= 4 is 22.5 Å². The molecule has 0 aliphatic carbocycles. The van der Waals surface area contributed by atoms with Crippen LogP contribution in [0.15, 0.2) is 48.5 Å². The molecular formula is C23H17F5N4O. The van der Waals surface area contributed by atoms with Gasteiger partial charge in [-0.25, -0.2) is 13.8 Å². The van der Waals surface area contributed by atoms with Crippen molar-refractivity contribution in [3.05, 3.63) is 88.4 Å². The van der Waals surface area contributed by atoms with E-state index >= 15 is 0 Å². The van der Waals surface area contributed by atoms with Gasteiger partial charge in [-0.3, -0.25) is 9.48 Å². The molecule has 5 nitrogen and oxygen atoms in total. The summed E-state index contributed by atoms with van der Waals surface area (Å²) in [5, 5.41) is 6.61. The van der Waals surface area contributed by atoms with Gasteiger partial charge in [0.2, 0.25) is 0 Å². The van der Waals surface area contributed by atoms with Gasteiger partial charge in [0.05, 0.1) is 34.7 Å². The molecule has 0 atom stereocenters. The number of alkyl halides is 3. The van der Waals surface area contributed by atoms with Gasteiger partial charge in [-0.1, -0.05) is 18.2 Å². The monoisotopic (exact) mass is 460 g/mol. The number of anilines is 1. The summed E-state index contributed by atoms with van der Waals surface area (Å²) in [7, 11) is 0. The summed E-state index contributed by atoms with van der Waals surface area (Å²) in [4.78, 5) is 16.5. The number of amides is 1. The average Bonchev–Trinajstić information content (AvgIpc) is 3.01. The summed E-state index contributed by atoms with van der Waals surface area (Å²) >= 11 is 0. The lowest BCUT2D eigenvalue weighted by molar-refractivity contribution is -0.141. The molecule has 0 spiro atoms. The zero-order valence-electron chi connectivity index (χ0n) is 17.5. The second-order valence-electron chi connectivity index (χ2n) is 7.47. The zero-order chi connectivity index (χ0) is 23.9. The predicted molar refractivity (Wildman–Crippen MR) is 112 cm³/mol. The molecule has 0 fully saturated rings. The van der Waals surface area contributed by atoms with E-state index in [1.165, 1.54) is 24.3 Å². The highest BCUT2D eigenvalue weighted by molar-refractivity contribution is 6.13. The number of aryl methyl sites for hydroxylation is 1. The number of carbonyl (C=O) groups excluding carboxylic acids is 1. The third kappa shape index (κ3) is 4.41. The van der Waals surface area contributed by atoms with E-state index < -0.39 is 29.2 Å². The number of nitrogens with zero attached hydrogens (tertiary/aromatic N) is 3. The molecule has 0 unspecified atom stereocenters. The second kappa shape index (κ2) is 8.27. The van der Waals surface area contributed by atoms with Crippen LogP contribution < -0.4 is 5.32 Å². The van der Waals surface area contributed by atoms with Crippen LogP contribution in [0.25, 0.3) is 10.9 Å². The fourth-order valence-electron chi connectivity index (χ4n) is 3.54. The zero-order valence-corrected chi connectivity index (χ0v) is 17.5. The third-order valence-corrected chi connectivity index (χ3v) is 5.18. The van der Waals surface area contributed by atoms with E-state index in [1.807, 2.05) is 0 Å². The number of hydrogen-bond acceptors (Lipinski definition) is 3. The maximum Gasteiger partial charge on any atom is 0.433 e. The first-order chi connectivity index (χ1) is 15.5. The maximum absolute atomic E-state index is 14.5. The Bertz CT molecular complexity index is 1360. The molecule has 170 valence electrons. The van der Waals surface area contributed by atoms with Gasteiger partial charge >= 0.3 is 6.18 Å². The molecule has 0 radical (unpaired) electrons. The minimum Gasteiger partial charge on any atom is -0.319 e. The summed E-state index contributed by atoms with van der Waals surface area (Å²) in [6.07, 6.45) is -4.82. The van der Waals surface area contributed by atoms with Crippen LogP contribution in [0.2, 0.25) is 0 Å². The van der Waals surface area contributed by atoms with Crippen LogP contribution in [0.4, 0.5) is 27.6 Å². The second-order valence-corrected chi connectivity index (χ2v) is 7.47. The number of halogens is 5. The fraction of sp³-hybridized carbons (Fsp3) is 0.174. The Kier molecular flexibility index (Phi) is 5.61. The maximum atomic E-state index is 14.5. The van der Waals surface area contributed by atoms with Crippen molar-refractivity contribution in [3.63, 3.8) is 0 Å². The highest BCUT2D eigenvalue weighted by atomic mass is 19.4. The van der Waals surface area contributed by atoms with E-state index in [0.29, 0.717) is 17.5 Å². The van der Waals surface area contributed by atoms with Crippen LogP contribution in [0.1, 0.15) is 33.0 Å². The highest BCUT2D eigenvalue weighted by Gasteiger charge is 2.34. The van der Waals surface area contributed by atoms with Gasteiger partial charge in [-0.2, -0.15) is 18.3 Å². The van der Waals surface area contributed by atoms with E-state index in [4.69, 9.17) is 0 Å². The van der Waals surface area contributed by atoms with Gasteiger partial charge in [-0.05, 0) is 49.7 Å². The van der Waals surface area contributed by atoms with Crippen LogP contribution in [-0.4, -0.2) is 20.7 Å². The fourth-order valence-corrected chi connectivity index (χ4v) is 3.54. The van der Waals surface area contributed by atoms with Gasteiger partial charge in [0.25, 0.3) is 5.91 Å². The van der Waals surface area contributed by atoms with Gasteiger partial charge in [0, 0.05) is 5.39 Å². The first-order valence-corrected chi connectivity index (χ1v) is 9.81. The smallest absolute Gasteiger partial charge is 0.319 e. The van der Waals surface area contributed by atoms with Crippen LogP contribution in [0.3, 0.4) is 0 Å². The molecule has 0 aliphatic rings. The molecule has 2 heterocycles. The Balaban J connectivity index is 1.72. The summed E-state index contributed by atoms with van der Waals surface area (Å²) in [5.41, 5.74) is -0.0797. The molecule has 33 heavy (non-hydrogen) atoms. The Labute approximate surface area is 184 Å². The minimum atomic E-state index is -4.82. The number of benzene rings is 2. The molecule has 10 heteroatoms. The first-order valence-electron chi connectivity index (χ1n) is 9.81. The first kappa shape index (κ1) is 22.4. The molecule has 0 bridgehead atoms. The average molecular weight is 460 g/mol. The van der Waals surface area contributed by atoms with Crippen molar-refractivity contribution < 1.29 is 26.7 Å². The van der Waals surface area contributed by atoms with Gasteiger partial charge in [-0.15, -0.1) is 0 Å². The number of nitrogens with one attached hydrogen (secondary N) is 1. The van der Waals surface area contributed by atoms with E-state index in [9.17, 15) is 26.7 Å². The number of fused-ring (bicyclic) bond motifs is 1. The third-order valence-electron chi connectivity index (χ3n) is 5.18. The van der Waals surface area contributed by atoms with Crippen molar-refractivity contribution in [1.82, 2.24) is 14.8 Å².